The van der Waals surface area contributed by atoms with Crippen molar-refractivity contribution >= 4 is 17.6 Å². The van der Waals surface area contributed by atoms with Gasteiger partial charge in [0.1, 0.15) is 0 Å². The van der Waals surface area contributed by atoms with E-state index in [0.29, 0.717) is 5.82 Å². The van der Waals surface area contributed by atoms with E-state index in [9.17, 15) is 9.59 Å². The van der Waals surface area contributed by atoms with E-state index in [1.807, 2.05) is 13.8 Å². The number of H-pyrrole nitrogens is 1. The van der Waals surface area contributed by atoms with Crippen molar-refractivity contribution in [3.05, 3.63) is 11.3 Å². The molecule has 6 N–H and O–H groups in total. The van der Waals surface area contributed by atoms with Crippen LogP contribution >= 0.6 is 0 Å². The van der Waals surface area contributed by atoms with Gasteiger partial charge in [-0.25, -0.2) is 0 Å². The molecular weight excluding hydrogens is 210 g/mol. The second kappa shape index (κ2) is 4.75. The van der Waals surface area contributed by atoms with Crippen LogP contribution in [-0.4, -0.2) is 28.1 Å². The van der Waals surface area contributed by atoms with Crippen molar-refractivity contribution in [1.82, 2.24) is 10.2 Å². The molecule has 0 aromatic carbocycles. The Morgan fingerprint density at radius 3 is 2.56 bits per heavy atom. The lowest BCUT2D eigenvalue weighted by Crippen LogP contribution is -2.39. The highest BCUT2D eigenvalue weighted by atomic mass is 16.2. The summed E-state index contributed by atoms with van der Waals surface area (Å²) in [6, 6.07) is -0.950. The summed E-state index contributed by atoms with van der Waals surface area (Å²) in [7, 11) is 0. The zero-order chi connectivity index (χ0) is 12.3. The van der Waals surface area contributed by atoms with Crippen LogP contribution in [0.4, 0.5) is 5.82 Å². The molecule has 1 aromatic heterocycles. The predicted octanol–water partition coefficient (Wildman–Crippen LogP) is -0.832. The third kappa shape index (κ3) is 2.80. The lowest BCUT2D eigenvalue weighted by Gasteiger charge is -2.09. The summed E-state index contributed by atoms with van der Waals surface area (Å²) in [6.45, 7) is 3.65. The van der Waals surface area contributed by atoms with Crippen molar-refractivity contribution in [2.24, 2.45) is 11.5 Å². The standard InChI is InChI=1S/C9H15N5O2/c1-4-5(2)13-14-8(4)12-9(16)6(10)3-7(11)15/h6H,3,10H2,1-2H3,(H2,11,15)(H2,12,13,14,16). The van der Waals surface area contributed by atoms with Gasteiger partial charge in [0.25, 0.3) is 0 Å². The summed E-state index contributed by atoms with van der Waals surface area (Å²) in [5, 5.41) is 9.14. The van der Waals surface area contributed by atoms with Crippen LogP contribution in [-0.2, 0) is 9.59 Å². The largest absolute Gasteiger partial charge is 0.370 e. The number of anilines is 1. The molecule has 1 atom stereocenters. The molecule has 1 unspecified atom stereocenters. The number of carbonyl (C=O) groups excluding carboxylic acids is 2. The van der Waals surface area contributed by atoms with Crippen LogP contribution in [0.5, 0.6) is 0 Å². The molecule has 1 heterocycles. The molecule has 2 amide bonds. The smallest absolute Gasteiger partial charge is 0.243 e. The lowest BCUT2D eigenvalue weighted by molar-refractivity contribution is -0.123. The number of nitrogens with two attached hydrogens (primary N) is 2. The van der Waals surface area contributed by atoms with Gasteiger partial charge < -0.3 is 16.8 Å². The average molecular weight is 225 g/mol. The number of nitrogens with one attached hydrogen (secondary N) is 2. The number of hydrogen-bond donors (Lipinski definition) is 4. The Labute approximate surface area is 92.6 Å². The molecule has 7 nitrogen and oxygen atoms in total. The third-order valence-corrected chi connectivity index (χ3v) is 2.25. The normalized spacial score (nSPS) is 12.2. The van der Waals surface area contributed by atoms with Gasteiger partial charge in [0.15, 0.2) is 5.82 Å². The number of carbonyl (C=O) groups is 2. The second-order valence-electron chi connectivity index (χ2n) is 3.59. The molecule has 16 heavy (non-hydrogen) atoms. The van der Waals surface area contributed by atoms with E-state index >= 15 is 0 Å². The number of hydrogen-bond acceptors (Lipinski definition) is 4. The van der Waals surface area contributed by atoms with Crippen LogP contribution in [0.2, 0.25) is 0 Å². The quantitative estimate of drug-likeness (QED) is 0.533. The lowest BCUT2D eigenvalue weighted by atomic mass is 10.2. The molecule has 0 aliphatic carbocycles. The monoisotopic (exact) mass is 225 g/mol. The van der Waals surface area contributed by atoms with E-state index in [-0.39, 0.29) is 6.42 Å². The number of aromatic nitrogens is 2. The Morgan fingerprint density at radius 2 is 2.12 bits per heavy atom. The molecule has 0 aliphatic heterocycles. The second-order valence-corrected chi connectivity index (χ2v) is 3.59. The van der Waals surface area contributed by atoms with E-state index in [1.165, 1.54) is 0 Å². The van der Waals surface area contributed by atoms with Crippen molar-refractivity contribution < 1.29 is 9.59 Å². The van der Waals surface area contributed by atoms with Crippen molar-refractivity contribution in [3.63, 3.8) is 0 Å². The molecule has 7 heteroatoms. The van der Waals surface area contributed by atoms with E-state index in [0.717, 1.165) is 11.3 Å². The molecule has 0 bridgehead atoms. The van der Waals surface area contributed by atoms with Crippen LogP contribution in [0.3, 0.4) is 0 Å². The summed E-state index contributed by atoms with van der Waals surface area (Å²) in [5.41, 5.74) is 12.1. The fourth-order valence-corrected chi connectivity index (χ4v) is 1.13. The Hall–Kier alpha value is -1.89. The van der Waals surface area contributed by atoms with E-state index in [2.05, 4.69) is 15.5 Å². The Morgan fingerprint density at radius 1 is 1.50 bits per heavy atom. The minimum atomic E-state index is -0.950. The Balaban J connectivity index is 2.64. The SMILES string of the molecule is Cc1[nH]nc(NC(=O)C(N)CC(N)=O)c1C. The number of primary amides is 1. The van der Waals surface area contributed by atoms with Crippen LogP contribution in [0, 0.1) is 13.8 Å². The molecule has 1 rings (SSSR count). The topological polar surface area (TPSA) is 127 Å². The van der Waals surface area contributed by atoms with Gasteiger partial charge in [-0.15, -0.1) is 0 Å². The summed E-state index contributed by atoms with van der Waals surface area (Å²) in [5.74, 6) is -0.673. The molecule has 0 radical (unpaired) electrons. The number of aromatic amines is 1. The van der Waals surface area contributed by atoms with Gasteiger partial charge in [-0.1, -0.05) is 0 Å². The van der Waals surface area contributed by atoms with Gasteiger partial charge in [-0.2, -0.15) is 5.10 Å². The maximum atomic E-state index is 11.5. The zero-order valence-electron chi connectivity index (χ0n) is 9.20. The first-order chi connectivity index (χ1) is 7.41. The van der Waals surface area contributed by atoms with E-state index < -0.39 is 17.9 Å². The van der Waals surface area contributed by atoms with Gasteiger partial charge >= 0.3 is 0 Å². The number of nitrogens with zero attached hydrogens (tertiary/aromatic N) is 1. The highest BCUT2D eigenvalue weighted by Crippen LogP contribution is 2.13. The van der Waals surface area contributed by atoms with Gasteiger partial charge in [0.2, 0.25) is 11.8 Å². The van der Waals surface area contributed by atoms with Crippen LogP contribution in [0.1, 0.15) is 17.7 Å². The first kappa shape index (κ1) is 12.2. The summed E-state index contributed by atoms with van der Waals surface area (Å²) < 4.78 is 0. The minimum Gasteiger partial charge on any atom is -0.370 e. The van der Waals surface area contributed by atoms with Crippen molar-refractivity contribution in [3.8, 4) is 0 Å². The Kier molecular flexibility index (Phi) is 3.62. The molecule has 0 saturated carbocycles. The first-order valence-electron chi connectivity index (χ1n) is 4.78. The highest BCUT2D eigenvalue weighted by Gasteiger charge is 2.18. The van der Waals surface area contributed by atoms with E-state index in [1.54, 1.807) is 0 Å². The molecular formula is C9H15N5O2. The van der Waals surface area contributed by atoms with E-state index in [4.69, 9.17) is 11.5 Å². The summed E-state index contributed by atoms with van der Waals surface area (Å²) in [4.78, 5) is 22.1. The highest BCUT2D eigenvalue weighted by molar-refractivity contribution is 5.97. The zero-order valence-corrected chi connectivity index (χ0v) is 9.20. The third-order valence-electron chi connectivity index (χ3n) is 2.25. The van der Waals surface area contributed by atoms with Crippen molar-refractivity contribution in [2.75, 3.05) is 5.32 Å². The van der Waals surface area contributed by atoms with Crippen LogP contribution < -0.4 is 16.8 Å². The van der Waals surface area contributed by atoms with Gasteiger partial charge in [-0.3, -0.25) is 14.7 Å². The molecule has 1 aromatic rings. The van der Waals surface area contributed by atoms with Gasteiger partial charge in [-0.05, 0) is 13.8 Å². The fourth-order valence-electron chi connectivity index (χ4n) is 1.13. The maximum Gasteiger partial charge on any atom is 0.243 e. The number of aryl methyl sites for hydroxylation is 1. The molecule has 0 fully saturated rings. The molecule has 88 valence electrons. The van der Waals surface area contributed by atoms with Crippen molar-refractivity contribution in [1.29, 1.82) is 0 Å². The minimum absolute atomic E-state index is 0.186. The summed E-state index contributed by atoms with van der Waals surface area (Å²) in [6.07, 6.45) is -0.186. The van der Waals surface area contributed by atoms with Gasteiger partial charge in [0.05, 0.1) is 12.5 Å². The summed E-state index contributed by atoms with van der Waals surface area (Å²) >= 11 is 0. The molecule has 0 spiro atoms. The predicted molar refractivity (Wildman–Crippen MR) is 58.5 cm³/mol. The average Bonchev–Trinajstić information content (AvgIpc) is 2.48. The molecule has 0 saturated heterocycles. The Bertz CT molecular complexity index is 412. The van der Waals surface area contributed by atoms with Crippen molar-refractivity contribution in [2.45, 2.75) is 26.3 Å². The van der Waals surface area contributed by atoms with Crippen LogP contribution in [0.25, 0.3) is 0 Å². The fraction of sp³-hybridized carbons (Fsp3) is 0.444. The van der Waals surface area contributed by atoms with Crippen LogP contribution in [0.15, 0.2) is 0 Å². The van der Waals surface area contributed by atoms with Gasteiger partial charge in [0, 0.05) is 11.3 Å². The maximum absolute atomic E-state index is 11.5. The number of amides is 2. The molecule has 0 aliphatic rings. The first-order valence-corrected chi connectivity index (χ1v) is 4.78. The number of rotatable bonds is 4.